The number of hydrogen-bond donors (Lipinski definition) is 1. The van der Waals surface area contributed by atoms with Crippen molar-refractivity contribution < 1.29 is 27.1 Å². The van der Waals surface area contributed by atoms with Gasteiger partial charge in [0.2, 0.25) is 11.8 Å². The standard InChI is InChI=1S/C28H32FN3O5S/c1-20(2)30-28(34)21(3)31(18-22-14-16-23(29)17-15-22)27(33)19-32(25-12-8-9-13-26(25)37-4)38(35,36)24-10-6-5-7-11-24/h5-17,20-21H,18-19H2,1-4H3,(H,30,34)/t21-/m1/s1. The lowest BCUT2D eigenvalue weighted by atomic mass is 10.1. The summed E-state index contributed by atoms with van der Waals surface area (Å²) in [6.07, 6.45) is 0. The van der Waals surface area contributed by atoms with Crippen LogP contribution in [0.2, 0.25) is 0 Å². The number of nitrogens with one attached hydrogen (secondary N) is 1. The number of methoxy groups -OCH3 is 1. The van der Waals surface area contributed by atoms with Gasteiger partial charge in [-0.05, 0) is 62.7 Å². The third-order valence-corrected chi connectivity index (χ3v) is 7.60. The number of amides is 2. The van der Waals surface area contributed by atoms with Crippen molar-refractivity contribution in [2.45, 2.75) is 44.3 Å². The first kappa shape index (κ1) is 28.6. The summed E-state index contributed by atoms with van der Waals surface area (Å²) in [5, 5.41) is 2.79. The Kier molecular flexibility index (Phi) is 9.46. The minimum absolute atomic E-state index is 0.00519. The largest absolute Gasteiger partial charge is 0.495 e. The van der Waals surface area contributed by atoms with Gasteiger partial charge < -0.3 is 15.0 Å². The highest BCUT2D eigenvalue weighted by Crippen LogP contribution is 2.32. The monoisotopic (exact) mass is 541 g/mol. The number of benzene rings is 3. The molecule has 202 valence electrons. The Balaban J connectivity index is 2.05. The molecule has 1 N–H and O–H groups in total. The Morgan fingerprint density at radius 2 is 1.53 bits per heavy atom. The lowest BCUT2D eigenvalue weighted by molar-refractivity contribution is -0.139. The van der Waals surface area contributed by atoms with Gasteiger partial charge in [-0.1, -0.05) is 42.5 Å². The molecular weight excluding hydrogens is 509 g/mol. The summed E-state index contributed by atoms with van der Waals surface area (Å²) in [5.74, 6) is -1.19. The van der Waals surface area contributed by atoms with Crippen LogP contribution in [0.25, 0.3) is 0 Å². The van der Waals surface area contributed by atoms with Gasteiger partial charge in [0.25, 0.3) is 10.0 Å². The fourth-order valence-corrected chi connectivity index (χ4v) is 5.29. The number of carbonyl (C=O) groups is 2. The SMILES string of the molecule is COc1ccccc1N(CC(=O)N(Cc1ccc(F)cc1)[C@H](C)C(=O)NC(C)C)S(=O)(=O)c1ccccc1. The van der Waals surface area contributed by atoms with E-state index in [0.717, 1.165) is 4.31 Å². The van der Waals surface area contributed by atoms with Crippen LogP contribution in [0.3, 0.4) is 0 Å². The zero-order valence-corrected chi connectivity index (χ0v) is 22.6. The topological polar surface area (TPSA) is 96.0 Å². The van der Waals surface area contributed by atoms with Gasteiger partial charge >= 0.3 is 0 Å². The highest BCUT2D eigenvalue weighted by Gasteiger charge is 2.33. The molecule has 3 aromatic rings. The van der Waals surface area contributed by atoms with Gasteiger partial charge in [-0.25, -0.2) is 12.8 Å². The van der Waals surface area contributed by atoms with Gasteiger partial charge in [0.15, 0.2) is 0 Å². The lowest BCUT2D eigenvalue weighted by Gasteiger charge is -2.32. The molecule has 3 rings (SSSR count). The maximum atomic E-state index is 13.8. The normalized spacial score (nSPS) is 12.1. The number of sulfonamides is 1. The number of rotatable bonds is 11. The van der Waals surface area contributed by atoms with Crippen LogP contribution in [0.4, 0.5) is 10.1 Å². The number of halogens is 1. The van der Waals surface area contributed by atoms with Crippen molar-refractivity contribution in [3.8, 4) is 5.75 Å². The predicted octanol–water partition coefficient (Wildman–Crippen LogP) is 3.97. The molecule has 0 bridgehead atoms. The van der Waals surface area contributed by atoms with Crippen molar-refractivity contribution in [1.29, 1.82) is 0 Å². The molecule has 10 heteroatoms. The number of para-hydroxylation sites is 2. The van der Waals surface area contributed by atoms with Crippen LogP contribution >= 0.6 is 0 Å². The minimum Gasteiger partial charge on any atom is -0.495 e. The molecule has 0 aromatic heterocycles. The number of ether oxygens (including phenoxy) is 1. The van der Waals surface area contributed by atoms with E-state index < -0.39 is 40.2 Å². The summed E-state index contributed by atoms with van der Waals surface area (Å²) in [7, 11) is -2.79. The van der Waals surface area contributed by atoms with E-state index in [1.807, 2.05) is 0 Å². The zero-order valence-electron chi connectivity index (χ0n) is 21.8. The fourth-order valence-electron chi connectivity index (χ4n) is 3.84. The number of carbonyl (C=O) groups excluding carboxylic acids is 2. The molecule has 1 atom stereocenters. The molecule has 0 aliphatic rings. The molecule has 0 saturated carbocycles. The summed E-state index contributed by atoms with van der Waals surface area (Å²) in [6.45, 7) is 4.53. The molecule has 0 aliphatic carbocycles. The average molecular weight is 542 g/mol. The van der Waals surface area contributed by atoms with Crippen molar-refractivity contribution in [3.05, 3.63) is 90.2 Å². The third kappa shape index (κ3) is 6.89. The van der Waals surface area contributed by atoms with E-state index in [1.54, 1.807) is 63.2 Å². The van der Waals surface area contributed by atoms with Crippen molar-refractivity contribution in [2.24, 2.45) is 0 Å². The number of anilines is 1. The first-order valence-electron chi connectivity index (χ1n) is 12.1. The van der Waals surface area contributed by atoms with Gasteiger partial charge in [0.1, 0.15) is 24.2 Å². The first-order chi connectivity index (χ1) is 18.0. The molecule has 38 heavy (non-hydrogen) atoms. The highest BCUT2D eigenvalue weighted by molar-refractivity contribution is 7.92. The van der Waals surface area contributed by atoms with Gasteiger partial charge in [0.05, 0.1) is 17.7 Å². The highest BCUT2D eigenvalue weighted by atomic mass is 32.2. The van der Waals surface area contributed by atoms with Crippen molar-refractivity contribution in [1.82, 2.24) is 10.2 Å². The Hall–Kier alpha value is -3.92. The molecule has 0 spiro atoms. The predicted molar refractivity (Wildman–Crippen MR) is 144 cm³/mol. The van der Waals surface area contributed by atoms with Crippen LogP contribution in [-0.2, 0) is 26.2 Å². The molecule has 3 aromatic carbocycles. The molecule has 0 fully saturated rings. The Bertz CT molecular complexity index is 1350. The minimum atomic E-state index is -4.20. The van der Waals surface area contributed by atoms with Crippen LogP contribution in [-0.4, -0.2) is 50.9 Å². The fraction of sp³-hybridized carbons (Fsp3) is 0.286. The molecule has 0 unspecified atom stereocenters. The number of nitrogens with zero attached hydrogens (tertiary/aromatic N) is 2. The van der Waals surface area contributed by atoms with E-state index in [1.165, 1.54) is 48.4 Å². The van der Waals surface area contributed by atoms with Crippen LogP contribution in [0, 0.1) is 5.82 Å². The molecule has 0 saturated heterocycles. The van der Waals surface area contributed by atoms with E-state index in [0.29, 0.717) is 5.56 Å². The summed E-state index contributed by atoms with van der Waals surface area (Å²) < 4.78 is 47.5. The smallest absolute Gasteiger partial charge is 0.264 e. The van der Waals surface area contributed by atoms with Crippen molar-refractivity contribution in [2.75, 3.05) is 18.0 Å². The van der Waals surface area contributed by atoms with E-state index in [2.05, 4.69) is 5.32 Å². The summed E-state index contributed by atoms with van der Waals surface area (Å²) >= 11 is 0. The summed E-state index contributed by atoms with van der Waals surface area (Å²) in [6, 6.07) is 18.7. The van der Waals surface area contributed by atoms with Crippen LogP contribution < -0.4 is 14.4 Å². The van der Waals surface area contributed by atoms with Crippen molar-refractivity contribution >= 4 is 27.5 Å². The maximum Gasteiger partial charge on any atom is 0.264 e. The second kappa shape index (κ2) is 12.6. The Morgan fingerprint density at radius 3 is 2.13 bits per heavy atom. The molecule has 8 nitrogen and oxygen atoms in total. The molecule has 0 aliphatic heterocycles. The Labute approximate surface area is 223 Å². The van der Waals surface area contributed by atoms with E-state index in [-0.39, 0.29) is 28.9 Å². The average Bonchev–Trinajstić information content (AvgIpc) is 2.90. The quantitative estimate of drug-likeness (QED) is 0.396. The molecule has 0 heterocycles. The van der Waals surface area contributed by atoms with Gasteiger partial charge in [-0.2, -0.15) is 0 Å². The second-order valence-electron chi connectivity index (χ2n) is 8.98. The maximum absolute atomic E-state index is 13.8. The van der Waals surface area contributed by atoms with Gasteiger partial charge in [-0.3, -0.25) is 13.9 Å². The first-order valence-corrected chi connectivity index (χ1v) is 13.5. The molecule has 2 amide bonds. The lowest BCUT2D eigenvalue weighted by Crippen LogP contribution is -2.52. The van der Waals surface area contributed by atoms with Gasteiger partial charge in [0, 0.05) is 12.6 Å². The third-order valence-electron chi connectivity index (χ3n) is 5.83. The van der Waals surface area contributed by atoms with Crippen LogP contribution in [0.5, 0.6) is 5.75 Å². The van der Waals surface area contributed by atoms with Gasteiger partial charge in [-0.15, -0.1) is 0 Å². The zero-order chi connectivity index (χ0) is 27.9. The summed E-state index contributed by atoms with van der Waals surface area (Å²) in [4.78, 5) is 28.0. The Morgan fingerprint density at radius 1 is 0.921 bits per heavy atom. The second-order valence-corrected chi connectivity index (χ2v) is 10.8. The van der Waals surface area contributed by atoms with E-state index in [4.69, 9.17) is 4.74 Å². The van der Waals surface area contributed by atoms with E-state index >= 15 is 0 Å². The van der Waals surface area contributed by atoms with Crippen molar-refractivity contribution in [3.63, 3.8) is 0 Å². The number of hydrogen-bond acceptors (Lipinski definition) is 5. The molecule has 0 radical (unpaired) electrons. The van der Waals surface area contributed by atoms with Crippen LogP contribution in [0.15, 0.2) is 83.8 Å². The summed E-state index contributed by atoms with van der Waals surface area (Å²) in [5.41, 5.74) is 0.756. The van der Waals surface area contributed by atoms with Crippen LogP contribution in [0.1, 0.15) is 26.3 Å². The molecular formula is C28H32FN3O5S. The van der Waals surface area contributed by atoms with E-state index in [9.17, 15) is 22.4 Å².